The van der Waals surface area contributed by atoms with Gasteiger partial charge in [-0.05, 0) is 12.1 Å². The Hall–Kier alpha value is -1.64. The predicted molar refractivity (Wildman–Crippen MR) is 40.4 cm³/mol. The summed E-state index contributed by atoms with van der Waals surface area (Å²) in [6, 6.07) is 5.23. The molecule has 1 heterocycles. The Morgan fingerprint density at radius 3 is 2.64 bits per heavy atom. The van der Waals surface area contributed by atoms with Crippen molar-refractivity contribution in [3.8, 4) is 6.07 Å². The van der Waals surface area contributed by atoms with Gasteiger partial charge in [0.2, 0.25) is 0 Å². The van der Waals surface area contributed by atoms with Crippen molar-refractivity contribution in [2.24, 2.45) is 5.84 Å². The molecule has 0 aliphatic rings. The van der Waals surface area contributed by atoms with Gasteiger partial charge in [-0.1, -0.05) is 0 Å². The molecule has 5 nitrogen and oxygen atoms in total. The van der Waals surface area contributed by atoms with Crippen molar-refractivity contribution in [1.29, 1.82) is 5.26 Å². The largest absolute Gasteiger partial charge is 0.412 e. The monoisotopic (exact) mass is 152 g/mol. The quantitative estimate of drug-likeness (QED) is 0.414. The van der Waals surface area contributed by atoms with Crippen molar-refractivity contribution in [2.75, 3.05) is 5.43 Å². The summed E-state index contributed by atoms with van der Waals surface area (Å²) in [7, 11) is 0. The summed E-state index contributed by atoms with van der Waals surface area (Å²) >= 11 is 0. The predicted octanol–water partition coefficient (Wildman–Crippen LogP) is -0.586. The zero-order valence-electron chi connectivity index (χ0n) is 5.70. The molecular formula is C6H8N4O. The Morgan fingerprint density at radius 2 is 2.27 bits per heavy atom. The van der Waals surface area contributed by atoms with Gasteiger partial charge in [-0.25, -0.2) is 10.8 Å². The SMILES string of the molecule is N#Cc1ccc(NN)nc1.O. The molecule has 0 aliphatic heterocycles. The smallest absolute Gasteiger partial charge is 0.139 e. The number of anilines is 1. The van der Waals surface area contributed by atoms with E-state index < -0.39 is 0 Å². The van der Waals surface area contributed by atoms with Gasteiger partial charge in [0.25, 0.3) is 0 Å². The number of nitrogens with zero attached hydrogens (tertiary/aromatic N) is 2. The van der Waals surface area contributed by atoms with Crippen LogP contribution in [0.25, 0.3) is 0 Å². The molecule has 58 valence electrons. The van der Waals surface area contributed by atoms with Crippen molar-refractivity contribution >= 4 is 5.82 Å². The molecule has 0 aliphatic carbocycles. The fourth-order valence-electron chi connectivity index (χ4n) is 0.545. The molecule has 0 saturated heterocycles. The van der Waals surface area contributed by atoms with E-state index in [1.807, 2.05) is 6.07 Å². The van der Waals surface area contributed by atoms with Gasteiger partial charge in [-0.3, -0.25) is 0 Å². The number of nitriles is 1. The average molecular weight is 152 g/mol. The van der Waals surface area contributed by atoms with Gasteiger partial charge in [0.1, 0.15) is 11.9 Å². The number of hydrazine groups is 1. The molecule has 5 heteroatoms. The van der Waals surface area contributed by atoms with Crippen LogP contribution in [0.4, 0.5) is 5.82 Å². The van der Waals surface area contributed by atoms with Crippen LogP contribution >= 0.6 is 0 Å². The van der Waals surface area contributed by atoms with Crippen molar-refractivity contribution in [1.82, 2.24) is 4.98 Å². The summed E-state index contributed by atoms with van der Waals surface area (Å²) in [5.41, 5.74) is 2.88. The van der Waals surface area contributed by atoms with E-state index >= 15 is 0 Å². The molecule has 0 unspecified atom stereocenters. The molecule has 5 N–H and O–H groups in total. The average Bonchev–Trinajstić information content (AvgIpc) is 2.05. The number of rotatable bonds is 1. The van der Waals surface area contributed by atoms with Crippen LogP contribution in [0.15, 0.2) is 18.3 Å². The van der Waals surface area contributed by atoms with Crippen molar-refractivity contribution in [3.05, 3.63) is 23.9 Å². The van der Waals surface area contributed by atoms with E-state index in [-0.39, 0.29) is 5.48 Å². The lowest BCUT2D eigenvalue weighted by Gasteiger charge is -1.95. The summed E-state index contributed by atoms with van der Waals surface area (Å²) in [6.45, 7) is 0. The molecule has 0 radical (unpaired) electrons. The zero-order valence-corrected chi connectivity index (χ0v) is 5.70. The van der Waals surface area contributed by atoms with Gasteiger partial charge in [0.15, 0.2) is 0 Å². The van der Waals surface area contributed by atoms with E-state index in [1.165, 1.54) is 6.20 Å². The first-order valence-electron chi connectivity index (χ1n) is 2.69. The summed E-state index contributed by atoms with van der Waals surface area (Å²) in [6.07, 6.45) is 1.45. The first-order valence-corrected chi connectivity index (χ1v) is 2.69. The van der Waals surface area contributed by atoms with Gasteiger partial charge in [0.05, 0.1) is 5.56 Å². The maximum absolute atomic E-state index is 8.36. The topological polar surface area (TPSA) is 106 Å². The van der Waals surface area contributed by atoms with Gasteiger partial charge in [-0.2, -0.15) is 5.26 Å². The molecule has 11 heavy (non-hydrogen) atoms. The fraction of sp³-hybridized carbons (Fsp3) is 0. The minimum atomic E-state index is 0. The van der Waals surface area contributed by atoms with Crippen molar-refractivity contribution in [3.63, 3.8) is 0 Å². The van der Waals surface area contributed by atoms with E-state index in [0.29, 0.717) is 11.4 Å². The molecule has 0 bridgehead atoms. The normalized spacial score (nSPS) is 7.64. The summed E-state index contributed by atoms with van der Waals surface area (Å²) in [5, 5.41) is 8.36. The van der Waals surface area contributed by atoms with Crippen LogP contribution in [-0.4, -0.2) is 10.5 Å². The molecule has 0 spiro atoms. The van der Waals surface area contributed by atoms with Gasteiger partial charge in [-0.15, -0.1) is 0 Å². The minimum Gasteiger partial charge on any atom is -0.412 e. The van der Waals surface area contributed by atoms with E-state index in [9.17, 15) is 0 Å². The number of hydrogen-bond donors (Lipinski definition) is 2. The number of hydrogen-bond acceptors (Lipinski definition) is 4. The third-order valence-electron chi connectivity index (χ3n) is 1.04. The molecule has 0 fully saturated rings. The van der Waals surface area contributed by atoms with Crippen LogP contribution in [0.2, 0.25) is 0 Å². The number of nitrogens with one attached hydrogen (secondary N) is 1. The molecule has 1 aromatic rings. The van der Waals surface area contributed by atoms with Crippen LogP contribution < -0.4 is 11.3 Å². The highest BCUT2D eigenvalue weighted by molar-refractivity contribution is 5.37. The molecule has 1 rings (SSSR count). The standard InChI is InChI=1S/C6H6N4.H2O/c7-3-5-1-2-6(10-8)9-4-5;/h1-2,4H,8H2,(H,9,10);1H2. The minimum absolute atomic E-state index is 0. The van der Waals surface area contributed by atoms with Gasteiger partial charge >= 0.3 is 0 Å². The van der Waals surface area contributed by atoms with Crippen molar-refractivity contribution in [2.45, 2.75) is 0 Å². The molecule has 0 atom stereocenters. The Balaban J connectivity index is 0.000001000. The zero-order chi connectivity index (χ0) is 7.40. The molecular weight excluding hydrogens is 144 g/mol. The van der Waals surface area contributed by atoms with Crippen molar-refractivity contribution < 1.29 is 5.48 Å². The first kappa shape index (κ1) is 9.36. The fourth-order valence-corrected chi connectivity index (χ4v) is 0.545. The second kappa shape index (κ2) is 4.22. The summed E-state index contributed by atoms with van der Waals surface area (Å²) < 4.78 is 0. The third kappa shape index (κ3) is 2.21. The highest BCUT2D eigenvalue weighted by Crippen LogP contribution is 2.00. The lowest BCUT2D eigenvalue weighted by atomic mass is 10.3. The van der Waals surface area contributed by atoms with Gasteiger partial charge in [0, 0.05) is 6.20 Å². The summed E-state index contributed by atoms with van der Waals surface area (Å²) in [5.74, 6) is 5.60. The maximum atomic E-state index is 8.36. The van der Waals surface area contributed by atoms with Crippen LogP contribution in [0.5, 0.6) is 0 Å². The van der Waals surface area contributed by atoms with Crippen LogP contribution in [-0.2, 0) is 0 Å². The van der Waals surface area contributed by atoms with E-state index in [1.54, 1.807) is 12.1 Å². The van der Waals surface area contributed by atoms with E-state index in [0.717, 1.165) is 0 Å². The number of nitrogens with two attached hydrogens (primary N) is 1. The lowest BCUT2D eigenvalue weighted by molar-refractivity contribution is 0.824. The number of nitrogen functional groups attached to an aromatic ring is 1. The number of pyridine rings is 1. The molecule has 1 aromatic heterocycles. The van der Waals surface area contributed by atoms with Crippen LogP contribution in [0.1, 0.15) is 5.56 Å². The van der Waals surface area contributed by atoms with Crippen LogP contribution in [0.3, 0.4) is 0 Å². The highest BCUT2D eigenvalue weighted by Gasteiger charge is 1.89. The second-order valence-electron chi connectivity index (χ2n) is 1.69. The summed E-state index contributed by atoms with van der Waals surface area (Å²) in [4.78, 5) is 3.81. The maximum Gasteiger partial charge on any atom is 0.139 e. The Bertz CT molecular complexity index is 250. The van der Waals surface area contributed by atoms with Gasteiger partial charge < -0.3 is 10.9 Å². The Labute approximate surface area is 63.7 Å². The Morgan fingerprint density at radius 1 is 1.55 bits per heavy atom. The lowest BCUT2D eigenvalue weighted by Crippen LogP contribution is -2.07. The Kier molecular flexibility index (Phi) is 3.59. The first-order chi connectivity index (χ1) is 4.86. The molecule has 0 amide bonds. The number of aromatic nitrogens is 1. The van der Waals surface area contributed by atoms with E-state index in [2.05, 4.69) is 10.4 Å². The molecule has 0 saturated carbocycles. The highest BCUT2D eigenvalue weighted by atomic mass is 16.0. The second-order valence-corrected chi connectivity index (χ2v) is 1.69. The van der Waals surface area contributed by atoms with E-state index in [4.69, 9.17) is 11.1 Å². The van der Waals surface area contributed by atoms with Crippen LogP contribution in [0, 0.1) is 11.3 Å². The third-order valence-corrected chi connectivity index (χ3v) is 1.04. The molecule has 0 aromatic carbocycles.